The van der Waals surface area contributed by atoms with E-state index in [-0.39, 0.29) is 11.9 Å². The molecule has 0 aliphatic heterocycles. The minimum Gasteiger partial charge on any atom is -0.324 e. The Morgan fingerprint density at radius 3 is 2.24 bits per heavy atom. The number of rotatable bonds is 3. The normalized spacial score (nSPS) is 38.7. The predicted octanol–water partition coefficient (Wildman–Crippen LogP) is 5.09. The SMILES string of the molecule is NC(CC12CC3CC(CC(C3)C1)C2)c1ccc(Cl)cc1F. The van der Waals surface area contributed by atoms with Gasteiger partial charge in [-0.2, -0.15) is 0 Å². The van der Waals surface area contributed by atoms with Gasteiger partial charge in [0.05, 0.1) is 0 Å². The Morgan fingerprint density at radius 2 is 1.71 bits per heavy atom. The van der Waals surface area contributed by atoms with Crippen LogP contribution in [-0.4, -0.2) is 0 Å². The molecule has 0 aromatic heterocycles. The molecule has 1 aromatic carbocycles. The highest BCUT2D eigenvalue weighted by atomic mass is 35.5. The highest BCUT2D eigenvalue weighted by molar-refractivity contribution is 6.30. The molecule has 0 amide bonds. The van der Waals surface area contributed by atoms with Crippen molar-refractivity contribution in [2.75, 3.05) is 0 Å². The monoisotopic (exact) mass is 307 g/mol. The molecule has 4 bridgehead atoms. The van der Waals surface area contributed by atoms with E-state index in [1.165, 1.54) is 44.6 Å². The molecule has 114 valence electrons. The van der Waals surface area contributed by atoms with Gasteiger partial charge in [-0.05, 0) is 80.2 Å². The zero-order valence-corrected chi connectivity index (χ0v) is 13.1. The minimum atomic E-state index is -0.250. The Labute approximate surface area is 131 Å². The van der Waals surface area contributed by atoms with E-state index in [1.807, 2.05) is 0 Å². The van der Waals surface area contributed by atoms with E-state index in [1.54, 1.807) is 12.1 Å². The van der Waals surface area contributed by atoms with Gasteiger partial charge in [-0.15, -0.1) is 0 Å². The fourth-order valence-electron chi connectivity index (χ4n) is 5.92. The van der Waals surface area contributed by atoms with Crippen LogP contribution in [0.2, 0.25) is 5.02 Å². The van der Waals surface area contributed by atoms with E-state index in [2.05, 4.69) is 0 Å². The third-order valence-electron chi connectivity index (χ3n) is 6.18. The van der Waals surface area contributed by atoms with Gasteiger partial charge in [0.2, 0.25) is 0 Å². The fraction of sp³-hybridized carbons (Fsp3) is 0.667. The molecule has 0 heterocycles. The van der Waals surface area contributed by atoms with Crippen molar-refractivity contribution in [1.29, 1.82) is 0 Å². The predicted molar refractivity (Wildman–Crippen MR) is 83.6 cm³/mol. The number of hydrogen-bond donors (Lipinski definition) is 1. The second kappa shape index (κ2) is 4.96. The van der Waals surface area contributed by atoms with E-state index in [9.17, 15) is 4.39 Å². The van der Waals surface area contributed by atoms with Crippen LogP contribution in [0.4, 0.5) is 4.39 Å². The van der Waals surface area contributed by atoms with E-state index < -0.39 is 0 Å². The summed E-state index contributed by atoms with van der Waals surface area (Å²) in [5.74, 6) is 2.50. The first-order valence-corrected chi connectivity index (χ1v) is 8.61. The van der Waals surface area contributed by atoms with Crippen molar-refractivity contribution in [3.8, 4) is 0 Å². The van der Waals surface area contributed by atoms with E-state index in [0.717, 1.165) is 24.2 Å². The minimum absolute atomic E-state index is 0.196. The van der Waals surface area contributed by atoms with Crippen LogP contribution < -0.4 is 5.73 Å². The van der Waals surface area contributed by atoms with Crippen molar-refractivity contribution >= 4 is 11.6 Å². The lowest BCUT2D eigenvalue weighted by molar-refractivity contribution is -0.0606. The summed E-state index contributed by atoms with van der Waals surface area (Å²) in [5.41, 5.74) is 7.41. The van der Waals surface area contributed by atoms with Gasteiger partial charge in [0.15, 0.2) is 0 Å². The quantitative estimate of drug-likeness (QED) is 0.827. The summed E-state index contributed by atoms with van der Waals surface area (Å²) < 4.78 is 14.1. The third-order valence-corrected chi connectivity index (χ3v) is 6.42. The molecule has 0 spiro atoms. The van der Waals surface area contributed by atoms with Gasteiger partial charge in [-0.25, -0.2) is 4.39 Å². The lowest BCUT2D eigenvalue weighted by Crippen LogP contribution is -2.47. The fourth-order valence-corrected chi connectivity index (χ4v) is 6.08. The van der Waals surface area contributed by atoms with Crippen LogP contribution in [0.1, 0.15) is 56.6 Å². The van der Waals surface area contributed by atoms with Crippen molar-refractivity contribution in [2.24, 2.45) is 28.9 Å². The van der Waals surface area contributed by atoms with Crippen molar-refractivity contribution < 1.29 is 4.39 Å². The maximum Gasteiger partial charge on any atom is 0.129 e. The van der Waals surface area contributed by atoms with Crippen molar-refractivity contribution in [2.45, 2.75) is 51.0 Å². The van der Waals surface area contributed by atoms with E-state index in [4.69, 9.17) is 17.3 Å². The summed E-state index contributed by atoms with van der Waals surface area (Å²) in [7, 11) is 0. The zero-order chi connectivity index (χ0) is 14.6. The molecule has 21 heavy (non-hydrogen) atoms. The Balaban J connectivity index is 1.55. The summed E-state index contributed by atoms with van der Waals surface area (Å²) in [6, 6.07) is 4.71. The smallest absolute Gasteiger partial charge is 0.129 e. The van der Waals surface area contributed by atoms with E-state index >= 15 is 0 Å². The van der Waals surface area contributed by atoms with Crippen LogP contribution in [0.3, 0.4) is 0 Å². The van der Waals surface area contributed by atoms with Gasteiger partial charge in [0, 0.05) is 16.6 Å². The van der Waals surface area contributed by atoms with Crippen LogP contribution in [0.15, 0.2) is 18.2 Å². The van der Waals surface area contributed by atoms with Crippen LogP contribution in [0.5, 0.6) is 0 Å². The molecule has 0 radical (unpaired) electrons. The molecule has 1 nitrogen and oxygen atoms in total. The van der Waals surface area contributed by atoms with E-state index in [0.29, 0.717) is 16.0 Å². The molecule has 4 fully saturated rings. The average molecular weight is 308 g/mol. The van der Waals surface area contributed by atoms with Crippen molar-refractivity contribution in [1.82, 2.24) is 0 Å². The van der Waals surface area contributed by atoms with Crippen LogP contribution in [0, 0.1) is 29.0 Å². The molecular formula is C18H23ClFN. The number of benzene rings is 1. The van der Waals surface area contributed by atoms with Gasteiger partial charge in [-0.1, -0.05) is 17.7 Å². The molecule has 1 atom stereocenters. The lowest BCUT2D eigenvalue weighted by Gasteiger charge is -2.57. The first-order valence-electron chi connectivity index (χ1n) is 8.23. The summed E-state index contributed by atoms with van der Waals surface area (Å²) in [6.45, 7) is 0. The Hall–Kier alpha value is -0.600. The van der Waals surface area contributed by atoms with Crippen LogP contribution in [-0.2, 0) is 0 Å². The standard InChI is InChI=1S/C18H23ClFN/c19-14-1-2-15(16(20)6-14)17(21)10-18-7-11-3-12(8-18)5-13(4-11)9-18/h1-2,6,11-13,17H,3-5,7-10,21H2. The summed E-state index contributed by atoms with van der Waals surface area (Å²) in [5, 5.41) is 0.443. The molecule has 4 saturated carbocycles. The Morgan fingerprint density at radius 1 is 1.14 bits per heavy atom. The summed E-state index contributed by atoms with van der Waals surface area (Å²) in [4.78, 5) is 0. The average Bonchev–Trinajstić information content (AvgIpc) is 2.35. The molecule has 5 rings (SSSR count). The molecule has 0 saturated heterocycles. The molecule has 4 aliphatic rings. The first-order chi connectivity index (χ1) is 10.0. The maximum absolute atomic E-state index is 14.1. The van der Waals surface area contributed by atoms with Gasteiger partial charge in [0.25, 0.3) is 0 Å². The second-order valence-corrected chi connectivity index (χ2v) is 8.33. The van der Waals surface area contributed by atoms with Gasteiger partial charge < -0.3 is 5.73 Å². The number of hydrogen-bond acceptors (Lipinski definition) is 1. The Bertz CT molecular complexity index is 521. The molecule has 4 aliphatic carbocycles. The van der Waals surface area contributed by atoms with Crippen molar-refractivity contribution in [3.05, 3.63) is 34.6 Å². The third kappa shape index (κ3) is 2.51. The van der Waals surface area contributed by atoms with Crippen molar-refractivity contribution in [3.63, 3.8) is 0 Å². The first kappa shape index (κ1) is 14.0. The second-order valence-electron chi connectivity index (χ2n) is 7.89. The topological polar surface area (TPSA) is 26.0 Å². The molecular weight excluding hydrogens is 285 g/mol. The molecule has 2 N–H and O–H groups in total. The van der Waals surface area contributed by atoms with Crippen LogP contribution >= 0.6 is 11.6 Å². The number of halogens is 2. The Kier molecular flexibility index (Phi) is 3.31. The maximum atomic E-state index is 14.1. The largest absolute Gasteiger partial charge is 0.324 e. The summed E-state index contributed by atoms with van der Waals surface area (Å²) in [6.07, 6.45) is 9.21. The highest BCUT2D eigenvalue weighted by Gasteiger charge is 2.51. The van der Waals surface area contributed by atoms with Gasteiger partial charge >= 0.3 is 0 Å². The molecule has 1 aromatic rings. The lowest BCUT2D eigenvalue weighted by atomic mass is 9.48. The van der Waals surface area contributed by atoms with Gasteiger partial charge in [-0.3, -0.25) is 0 Å². The number of nitrogens with two attached hydrogens (primary N) is 1. The molecule has 1 unspecified atom stereocenters. The molecule has 3 heteroatoms. The summed E-state index contributed by atoms with van der Waals surface area (Å²) >= 11 is 5.84. The zero-order valence-electron chi connectivity index (χ0n) is 12.3. The van der Waals surface area contributed by atoms with Crippen LogP contribution in [0.25, 0.3) is 0 Å². The highest BCUT2D eigenvalue weighted by Crippen LogP contribution is 2.62. The van der Waals surface area contributed by atoms with Gasteiger partial charge in [0.1, 0.15) is 5.82 Å².